The minimum Gasteiger partial charge on any atom is -0.386 e. The van der Waals surface area contributed by atoms with Crippen LogP contribution in [-0.4, -0.2) is 29.3 Å². The number of rotatable bonds is 6. The average molecular weight is 536 g/mol. The molecule has 0 radical (unpaired) electrons. The zero-order valence-electron chi connectivity index (χ0n) is 21.0. The Hall–Kier alpha value is -3.29. The number of fused-ring (bicyclic) bond motifs is 1. The number of allylic oxidation sites excluding steroid dienone is 1. The molecule has 0 saturated carbocycles. The standard InChI is InChI=1S/C29H26ClNO.CH4O3S/c1-29(2,32)27-12-4-3-10-23(27)11-6-9-21-7-5-8-22(19-21)13-17-26-18-15-24-14-16-25(30)20-28(24)31-26;1-5(2,3)4/h3-10,12-20,32H,11H2,1-2H3;1H3,(H,2,3,4). The third-order valence-corrected chi connectivity index (χ3v) is 5.59. The predicted molar refractivity (Wildman–Crippen MR) is 154 cm³/mol. The summed E-state index contributed by atoms with van der Waals surface area (Å²) in [7, 11) is -3.67. The zero-order valence-corrected chi connectivity index (χ0v) is 22.5. The van der Waals surface area contributed by atoms with Crippen molar-refractivity contribution in [2.45, 2.75) is 25.9 Å². The highest BCUT2D eigenvalue weighted by atomic mass is 35.5. The number of halogens is 1. The molecule has 2 N–H and O–H groups in total. The Morgan fingerprint density at radius 1 is 0.892 bits per heavy atom. The van der Waals surface area contributed by atoms with Gasteiger partial charge in [0.2, 0.25) is 0 Å². The van der Waals surface area contributed by atoms with E-state index in [0.717, 1.165) is 45.3 Å². The van der Waals surface area contributed by atoms with Crippen molar-refractivity contribution in [2.75, 3.05) is 6.26 Å². The highest BCUT2D eigenvalue weighted by Crippen LogP contribution is 2.24. The fourth-order valence-corrected chi connectivity index (χ4v) is 3.93. The van der Waals surface area contributed by atoms with Crippen LogP contribution in [0.5, 0.6) is 0 Å². The van der Waals surface area contributed by atoms with E-state index < -0.39 is 15.7 Å². The van der Waals surface area contributed by atoms with Crippen molar-refractivity contribution in [3.63, 3.8) is 0 Å². The highest BCUT2D eigenvalue weighted by molar-refractivity contribution is 7.85. The van der Waals surface area contributed by atoms with Gasteiger partial charge in [0.1, 0.15) is 0 Å². The van der Waals surface area contributed by atoms with E-state index in [4.69, 9.17) is 16.2 Å². The van der Waals surface area contributed by atoms with E-state index in [1.165, 1.54) is 0 Å². The molecule has 0 unspecified atom stereocenters. The van der Waals surface area contributed by atoms with Crippen molar-refractivity contribution in [2.24, 2.45) is 0 Å². The van der Waals surface area contributed by atoms with Gasteiger partial charge in [-0.15, -0.1) is 0 Å². The largest absolute Gasteiger partial charge is 0.386 e. The molecule has 192 valence electrons. The van der Waals surface area contributed by atoms with E-state index in [1.807, 2.05) is 62.4 Å². The summed E-state index contributed by atoms with van der Waals surface area (Å²) in [5.41, 5.74) is 5.27. The monoisotopic (exact) mass is 535 g/mol. The Morgan fingerprint density at radius 2 is 1.54 bits per heavy atom. The van der Waals surface area contributed by atoms with Crippen LogP contribution in [0.15, 0.2) is 84.9 Å². The van der Waals surface area contributed by atoms with Crippen LogP contribution in [0.4, 0.5) is 0 Å². The van der Waals surface area contributed by atoms with Crippen molar-refractivity contribution < 1.29 is 18.1 Å². The van der Waals surface area contributed by atoms with Gasteiger partial charge in [0, 0.05) is 10.4 Å². The second-order valence-corrected chi connectivity index (χ2v) is 11.0. The second-order valence-electron chi connectivity index (χ2n) is 9.13. The maximum Gasteiger partial charge on any atom is 0.261 e. The molecule has 0 atom stereocenters. The number of nitrogens with zero attached hydrogens (tertiary/aromatic N) is 1. The molecule has 0 aliphatic heterocycles. The van der Waals surface area contributed by atoms with Gasteiger partial charge in [0.15, 0.2) is 0 Å². The van der Waals surface area contributed by atoms with Gasteiger partial charge in [-0.05, 0) is 72.9 Å². The Labute approximate surface area is 223 Å². The minimum absolute atomic E-state index is 0.691. The molecule has 5 nitrogen and oxygen atoms in total. The van der Waals surface area contributed by atoms with Crippen LogP contribution in [0.2, 0.25) is 5.02 Å². The lowest BCUT2D eigenvalue weighted by atomic mass is 9.91. The van der Waals surface area contributed by atoms with E-state index >= 15 is 0 Å². The summed E-state index contributed by atoms with van der Waals surface area (Å²) in [5, 5.41) is 12.2. The Kier molecular flexibility index (Phi) is 9.40. The molecule has 0 amide bonds. The van der Waals surface area contributed by atoms with Gasteiger partial charge in [-0.25, -0.2) is 4.98 Å². The fraction of sp³-hybridized carbons (Fsp3) is 0.167. The van der Waals surface area contributed by atoms with Crippen LogP contribution in [-0.2, 0) is 22.1 Å². The van der Waals surface area contributed by atoms with Crippen molar-refractivity contribution in [3.05, 3.63) is 118 Å². The van der Waals surface area contributed by atoms with Crippen molar-refractivity contribution >= 4 is 50.9 Å². The number of aromatic nitrogens is 1. The summed E-state index contributed by atoms with van der Waals surface area (Å²) >= 11 is 6.10. The van der Waals surface area contributed by atoms with Crippen LogP contribution in [0.3, 0.4) is 0 Å². The van der Waals surface area contributed by atoms with Crippen molar-refractivity contribution in [1.29, 1.82) is 0 Å². The fourth-order valence-electron chi connectivity index (χ4n) is 3.76. The van der Waals surface area contributed by atoms with Crippen LogP contribution in [0.25, 0.3) is 29.1 Å². The smallest absolute Gasteiger partial charge is 0.261 e. The first-order valence-corrected chi connectivity index (χ1v) is 13.9. The molecule has 4 rings (SSSR count). The number of hydrogen-bond donors (Lipinski definition) is 2. The van der Waals surface area contributed by atoms with Crippen LogP contribution in [0, 0.1) is 0 Å². The van der Waals surface area contributed by atoms with Gasteiger partial charge >= 0.3 is 0 Å². The van der Waals surface area contributed by atoms with Gasteiger partial charge in [0.05, 0.1) is 23.1 Å². The summed E-state index contributed by atoms with van der Waals surface area (Å²) in [6, 6.07) is 26.2. The van der Waals surface area contributed by atoms with E-state index in [1.54, 1.807) is 0 Å². The van der Waals surface area contributed by atoms with Gasteiger partial charge in [-0.3, -0.25) is 4.55 Å². The topological polar surface area (TPSA) is 87.5 Å². The minimum atomic E-state index is -3.67. The molecule has 37 heavy (non-hydrogen) atoms. The first kappa shape index (κ1) is 28.3. The Morgan fingerprint density at radius 3 is 2.24 bits per heavy atom. The lowest BCUT2D eigenvalue weighted by Crippen LogP contribution is -2.17. The highest BCUT2D eigenvalue weighted by Gasteiger charge is 2.18. The predicted octanol–water partition coefficient (Wildman–Crippen LogP) is 7.05. The molecule has 1 heterocycles. The molecule has 1 aromatic heterocycles. The van der Waals surface area contributed by atoms with Gasteiger partial charge < -0.3 is 5.11 Å². The summed E-state index contributed by atoms with van der Waals surface area (Å²) in [5.74, 6) is 0. The quantitative estimate of drug-likeness (QED) is 0.258. The van der Waals surface area contributed by atoms with E-state index in [9.17, 15) is 13.5 Å². The molecular formula is C30H30ClNO4S. The van der Waals surface area contributed by atoms with Crippen LogP contribution >= 0.6 is 11.6 Å². The number of aliphatic hydroxyl groups is 1. The van der Waals surface area contributed by atoms with Crippen molar-refractivity contribution in [1.82, 2.24) is 4.98 Å². The molecular weight excluding hydrogens is 506 g/mol. The lowest BCUT2D eigenvalue weighted by molar-refractivity contribution is 0.0777. The molecule has 0 spiro atoms. The third kappa shape index (κ3) is 9.59. The van der Waals surface area contributed by atoms with E-state index in [0.29, 0.717) is 11.3 Å². The Bertz CT molecular complexity index is 1530. The van der Waals surface area contributed by atoms with Gasteiger partial charge in [-0.1, -0.05) is 84.4 Å². The molecule has 0 aliphatic carbocycles. The summed E-state index contributed by atoms with van der Waals surface area (Å²) in [4.78, 5) is 4.68. The third-order valence-electron chi connectivity index (χ3n) is 5.36. The molecule has 7 heteroatoms. The SMILES string of the molecule is CC(C)(O)c1ccccc1CC=Cc1cccc(C=Cc2ccc3ccc(Cl)cc3n2)c1.CS(=O)(=O)O. The molecule has 0 saturated heterocycles. The van der Waals surface area contributed by atoms with Crippen molar-refractivity contribution in [3.8, 4) is 0 Å². The molecule has 4 aromatic rings. The van der Waals surface area contributed by atoms with Crippen LogP contribution in [0.1, 0.15) is 41.8 Å². The normalized spacial score (nSPS) is 12.2. The van der Waals surface area contributed by atoms with Gasteiger partial charge in [-0.2, -0.15) is 8.42 Å². The molecule has 3 aromatic carbocycles. The zero-order chi connectivity index (χ0) is 27.1. The van der Waals surface area contributed by atoms with Crippen LogP contribution < -0.4 is 0 Å². The second kappa shape index (κ2) is 12.3. The molecule has 0 aliphatic rings. The molecule has 0 fully saturated rings. The summed E-state index contributed by atoms with van der Waals surface area (Å²) < 4.78 is 25.9. The average Bonchev–Trinajstić information content (AvgIpc) is 2.81. The summed E-state index contributed by atoms with van der Waals surface area (Å²) in [6.45, 7) is 3.65. The number of benzene rings is 3. The summed E-state index contributed by atoms with van der Waals surface area (Å²) in [6.07, 6.45) is 9.83. The van der Waals surface area contributed by atoms with Gasteiger partial charge in [0.25, 0.3) is 10.1 Å². The Balaban J connectivity index is 0.000000695. The number of hydrogen-bond acceptors (Lipinski definition) is 4. The number of pyridine rings is 1. The lowest BCUT2D eigenvalue weighted by Gasteiger charge is -2.21. The first-order valence-electron chi connectivity index (χ1n) is 11.6. The van der Waals surface area contributed by atoms with E-state index in [-0.39, 0.29) is 0 Å². The maximum absolute atomic E-state index is 10.4. The van der Waals surface area contributed by atoms with E-state index in [2.05, 4.69) is 59.6 Å². The molecule has 0 bridgehead atoms. The maximum atomic E-state index is 10.4. The first-order chi connectivity index (χ1) is 17.4.